The number of esters is 1. The summed E-state index contributed by atoms with van der Waals surface area (Å²) in [7, 11) is 0. The highest BCUT2D eigenvalue weighted by atomic mass is 32.2. The predicted octanol–water partition coefficient (Wildman–Crippen LogP) is 3.60. The number of anilines is 2. The van der Waals surface area contributed by atoms with Gasteiger partial charge in [0.05, 0.1) is 17.4 Å². The molecule has 3 aromatic rings. The quantitative estimate of drug-likeness (QED) is 0.657. The number of nitrogens with two attached hydrogens (primary N) is 1. The average molecular weight is 409 g/mol. The van der Waals surface area contributed by atoms with Crippen molar-refractivity contribution < 1.29 is 18.8 Å². The topological polar surface area (TPSA) is 98.7 Å². The normalized spacial score (nSPS) is 15.6. The third kappa shape index (κ3) is 3.71. The molecular weight excluding hydrogens is 390 g/mol. The first kappa shape index (κ1) is 19.1. The summed E-state index contributed by atoms with van der Waals surface area (Å²) in [5, 5.41) is 3.64. The van der Waals surface area contributed by atoms with Crippen LogP contribution in [0, 0.1) is 6.92 Å². The van der Waals surface area contributed by atoms with E-state index < -0.39 is 12.6 Å². The number of para-hydroxylation sites is 1. The molecule has 0 saturated carbocycles. The zero-order valence-corrected chi connectivity index (χ0v) is 16.5. The van der Waals surface area contributed by atoms with Gasteiger partial charge in [-0.3, -0.25) is 9.69 Å². The van der Waals surface area contributed by atoms with Crippen molar-refractivity contribution >= 4 is 35.2 Å². The Morgan fingerprint density at radius 1 is 1.21 bits per heavy atom. The van der Waals surface area contributed by atoms with Crippen LogP contribution in [0.5, 0.6) is 0 Å². The van der Waals surface area contributed by atoms with Gasteiger partial charge >= 0.3 is 5.97 Å². The van der Waals surface area contributed by atoms with Crippen molar-refractivity contribution in [3.63, 3.8) is 0 Å². The van der Waals surface area contributed by atoms with Crippen LogP contribution in [0.3, 0.4) is 0 Å². The Bertz CT molecular complexity index is 1030. The summed E-state index contributed by atoms with van der Waals surface area (Å²) in [4.78, 5) is 28.2. The van der Waals surface area contributed by atoms with Crippen LogP contribution in [0.25, 0.3) is 0 Å². The minimum Gasteiger partial charge on any atom is -0.452 e. The fourth-order valence-corrected chi connectivity index (χ4v) is 4.49. The number of carbonyl (C=O) groups is 2. The zero-order chi connectivity index (χ0) is 20.4. The first-order valence-corrected chi connectivity index (χ1v) is 10.0. The highest BCUT2D eigenvalue weighted by molar-refractivity contribution is 7.99. The second-order valence-corrected chi connectivity index (χ2v) is 7.61. The van der Waals surface area contributed by atoms with Gasteiger partial charge in [-0.2, -0.15) is 0 Å². The Morgan fingerprint density at radius 2 is 1.93 bits per heavy atom. The molecule has 1 aliphatic heterocycles. The standard InChI is InChI=1S/C21H19N3O4S/c1-13-19(20(22)28-23-13)21(26)27-11-18(25)24-15-9-5-6-10-17(15)29-12-16(24)14-7-3-2-4-8-14/h2-10,16H,11-12,22H2,1H3/t16-/m1/s1. The highest BCUT2D eigenvalue weighted by Gasteiger charge is 2.33. The molecule has 1 aliphatic rings. The van der Waals surface area contributed by atoms with E-state index in [0.717, 1.165) is 16.1 Å². The number of hydrogen-bond acceptors (Lipinski definition) is 7. The number of rotatable bonds is 4. The summed E-state index contributed by atoms with van der Waals surface area (Å²) in [6, 6.07) is 17.4. The Hall–Kier alpha value is -3.26. The lowest BCUT2D eigenvalue weighted by molar-refractivity contribution is -0.122. The van der Waals surface area contributed by atoms with Crippen LogP contribution >= 0.6 is 11.8 Å². The van der Waals surface area contributed by atoms with Gasteiger partial charge in [0.25, 0.3) is 5.91 Å². The van der Waals surface area contributed by atoms with E-state index in [-0.39, 0.29) is 23.4 Å². The highest BCUT2D eigenvalue weighted by Crippen LogP contribution is 2.43. The molecule has 2 N–H and O–H groups in total. The van der Waals surface area contributed by atoms with Gasteiger partial charge < -0.3 is 15.0 Å². The lowest BCUT2D eigenvalue weighted by Crippen LogP contribution is -2.41. The van der Waals surface area contributed by atoms with Crippen molar-refractivity contribution in [1.29, 1.82) is 0 Å². The number of nitrogen functional groups attached to an aromatic ring is 1. The molecule has 0 bridgehead atoms. The number of aromatic nitrogens is 1. The van der Waals surface area contributed by atoms with Crippen LogP contribution in [0.4, 0.5) is 11.6 Å². The molecule has 0 fully saturated rings. The third-order valence-corrected chi connectivity index (χ3v) is 5.84. The maximum absolute atomic E-state index is 13.2. The lowest BCUT2D eigenvalue weighted by atomic mass is 10.1. The van der Waals surface area contributed by atoms with E-state index in [1.165, 1.54) is 0 Å². The first-order valence-electron chi connectivity index (χ1n) is 9.04. The van der Waals surface area contributed by atoms with E-state index in [1.54, 1.807) is 23.6 Å². The molecule has 29 heavy (non-hydrogen) atoms. The molecule has 0 spiro atoms. The second kappa shape index (κ2) is 8.00. The molecule has 1 atom stereocenters. The Balaban J connectivity index is 1.59. The van der Waals surface area contributed by atoms with Crippen LogP contribution in [0.1, 0.15) is 27.7 Å². The first-order chi connectivity index (χ1) is 14.1. The predicted molar refractivity (Wildman–Crippen MR) is 110 cm³/mol. The van der Waals surface area contributed by atoms with Crippen molar-refractivity contribution in [2.75, 3.05) is 23.0 Å². The average Bonchev–Trinajstić information content (AvgIpc) is 3.09. The van der Waals surface area contributed by atoms with Crippen molar-refractivity contribution in [2.24, 2.45) is 0 Å². The zero-order valence-electron chi connectivity index (χ0n) is 15.7. The van der Waals surface area contributed by atoms with Crippen LogP contribution in [-0.4, -0.2) is 29.4 Å². The molecule has 2 aromatic carbocycles. The molecule has 148 valence electrons. The number of amides is 1. The number of benzene rings is 2. The molecule has 8 heteroatoms. The van der Waals surface area contributed by atoms with Crippen LogP contribution < -0.4 is 10.6 Å². The van der Waals surface area contributed by atoms with Gasteiger partial charge in [0.2, 0.25) is 5.88 Å². The molecule has 0 unspecified atom stereocenters. The van der Waals surface area contributed by atoms with Crippen LogP contribution in [0.2, 0.25) is 0 Å². The number of ether oxygens (including phenoxy) is 1. The van der Waals surface area contributed by atoms with Crippen LogP contribution in [-0.2, 0) is 9.53 Å². The fourth-order valence-electron chi connectivity index (χ4n) is 3.32. The van der Waals surface area contributed by atoms with Crippen LogP contribution in [0.15, 0.2) is 64.0 Å². The van der Waals surface area contributed by atoms with E-state index in [2.05, 4.69) is 5.16 Å². The minimum atomic E-state index is -0.731. The molecule has 1 amide bonds. The fraction of sp³-hybridized carbons (Fsp3) is 0.190. The molecule has 4 rings (SSSR count). The summed E-state index contributed by atoms with van der Waals surface area (Å²) >= 11 is 1.70. The Morgan fingerprint density at radius 3 is 2.66 bits per heavy atom. The third-order valence-electron chi connectivity index (χ3n) is 4.71. The van der Waals surface area contributed by atoms with Gasteiger partial charge in [-0.1, -0.05) is 47.6 Å². The van der Waals surface area contributed by atoms with Gasteiger partial charge in [0.15, 0.2) is 6.61 Å². The molecule has 0 aliphatic carbocycles. The number of nitrogens with zero attached hydrogens (tertiary/aromatic N) is 2. The second-order valence-electron chi connectivity index (χ2n) is 6.55. The largest absolute Gasteiger partial charge is 0.452 e. The van der Waals surface area contributed by atoms with Crippen molar-refractivity contribution in [2.45, 2.75) is 17.9 Å². The van der Waals surface area contributed by atoms with E-state index in [1.807, 2.05) is 54.6 Å². The Kier molecular flexibility index (Phi) is 5.26. The Labute approximate surface area is 171 Å². The monoisotopic (exact) mass is 409 g/mol. The molecular formula is C21H19N3O4S. The van der Waals surface area contributed by atoms with E-state index >= 15 is 0 Å². The van der Waals surface area contributed by atoms with Gasteiger partial charge in [0.1, 0.15) is 5.56 Å². The molecule has 0 radical (unpaired) electrons. The SMILES string of the molecule is Cc1noc(N)c1C(=O)OCC(=O)N1c2ccccc2SC[C@@H]1c1ccccc1. The van der Waals surface area contributed by atoms with Gasteiger partial charge in [-0.15, -0.1) is 11.8 Å². The summed E-state index contributed by atoms with van der Waals surface area (Å²) in [6.07, 6.45) is 0. The number of carbonyl (C=O) groups excluding carboxylic acids is 2. The van der Waals surface area contributed by atoms with Crippen molar-refractivity contribution in [3.05, 3.63) is 71.4 Å². The van der Waals surface area contributed by atoms with E-state index in [0.29, 0.717) is 11.4 Å². The molecule has 1 aromatic heterocycles. The number of aryl methyl sites for hydroxylation is 1. The summed E-state index contributed by atoms with van der Waals surface area (Å²) in [6.45, 7) is 1.17. The van der Waals surface area contributed by atoms with Crippen molar-refractivity contribution in [3.8, 4) is 0 Å². The minimum absolute atomic E-state index is 0.0482. The van der Waals surface area contributed by atoms with E-state index in [4.69, 9.17) is 15.0 Å². The van der Waals surface area contributed by atoms with E-state index in [9.17, 15) is 9.59 Å². The smallest absolute Gasteiger partial charge is 0.346 e. The molecule has 2 heterocycles. The van der Waals surface area contributed by atoms with Gasteiger partial charge in [-0.25, -0.2) is 4.79 Å². The number of hydrogen-bond donors (Lipinski definition) is 1. The maximum Gasteiger partial charge on any atom is 0.346 e. The number of fused-ring (bicyclic) bond motifs is 1. The maximum atomic E-state index is 13.2. The summed E-state index contributed by atoms with van der Waals surface area (Å²) in [5.41, 5.74) is 7.82. The molecule has 7 nitrogen and oxygen atoms in total. The van der Waals surface area contributed by atoms with Crippen molar-refractivity contribution in [1.82, 2.24) is 5.16 Å². The lowest BCUT2D eigenvalue weighted by Gasteiger charge is -2.37. The van der Waals surface area contributed by atoms with Gasteiger partial charge in [-0.05, 0) is 24.6 Å². The summed E-state index contributed by atoms with van der Waals surface area (Å²) < 4.78 is 10.0. The van der Waals surface area contributed by atoms with Gasteiger partial charge in [0, 0.05) is 10.6 Å². The molecule has 0 saturated heterocycles. The summed E-state index contributed by atoms with van der Waals surface area (Å²) in [5.74, 6) is -0.460. The number of thioether (sulfide) groups is 1.